The maximum absolute atomic E-state index is 11.5. The lowest BCUT2D eigenvalue weighted by atomic mass is 10.2. The molecule has 21 heavy (non-hydrogen) atoms. The van der Waals surface area contributed by atoms with Crippen LogP contribution in [0.5, 0.6) is 0 Å². The van der Waals surface area contributed by atoms with Crippen molar-refractivity contribution < 1.29 is 14.7 Å². The van der Waals surface area contributed by atoms with Gasteiger partial charge in [0.05, 0.1) is 11.9 Å². The first-order valence-electron chi connectivity index (χ1n) is 7.06. The van der Waals surface area contributed by atoms with Crippen LogP contribution in [0.2, 0.25) is 0 Å². The normalized spacial score (nSPS) is 10.5. The van der Waals surface area contributed by atoms with Gasteiger partial charge in [-0.1, -0.05) is 20.8 Å². The van der Waals surface area contributed by atoms with Gasteiger partial charge in [0.15, 0.2) is 5.69 Å². The maximum Gasteiger partial charge on any atom is 0.356 e. The van der Waals surface area contributed by atoms with E-state index in [0.29, 0.717) is 24.6 Å². The van der Waals surface area contributed by atoms with E-state index in [-0.39, 0.29) is 23.9 Å². The molecule has 116 valence electrons. The minimum Gasteiger partial charge on any atom is -0.476 e. The van der Waals surface area contributed by atoms with E-state index in [1.807, 2.05) is 20.8 Å². The Hall–Kier alpha value is -2.18. The molecule has 0 aliphatic heterocycles. The summed E-state index contributed by atoms with van der Waals surface area (Å²) in [6.45, 7) is 6.75. The molecule has 7 nitrogen and oxygen atoms in total. The fourth-order valence-electron chi connectivity index (χ4n) is 1.63. The second-order valence-corrected chi connectivity index (χ2v) is 4.98. The van der Waals surface area contributed by atoms with E-state index in [0.717, 1.165) is 6.42 Å². The number of carbonyl (C=O) groups is 2. The first kappa shape index (κ1) is 16.9. The molecule has 1 aromatic heterocycles. The monoisotopic (exact) mass is 294 g/mol. The summed E-state index contributed by atoms with van der Waals surface area (Å²) in [6, 6.07) is 0. The van der Waals surface area contributed by atoms with Crippen LogP contribution < -0.4 is 10.6 Å². The molecule has 3 N–H and O–H groups in total. The van der Waals surface area contributed by atoms with Crippen molar-refractivity contribution in [3.05, 3.63) is 17.7 Å². The Bertz CT molecular complexity index is 503. The first-order valence-corrected chi connectivity index (χ1v) is 7.06. The molecular weight excluding hydrogens is 272 g/mol. The van der Waals surface area contributed by atoms with Crippen LogP contribution in [0.4, 0.5) is 5.69 Å². The largest absolute Gasteiger partial charge is 0.476 e. The minimum atomic E-state index is -1.11. The number of amides is 1. The molecule has 0 saturated carbocycles. The van der Waals surface area contributed by atoms with Crippen molar-refractivity contribution in [2.75, 3.05) is 18.4 Å². The zero-order valence-corrected chi connectivity index (χ0v) is 12.6. The molecule has 0 bridgehead atoms. The van der Waals surface area contributed by atoms with Gasteiger partial charge in [-0.05, 0) is 6.42 Å². The van der Waals surface area contributed by atoms with Crippen LogP contribution in [0.25, 0.3) is 0 Å². The fourth-order valence-corrected chi connectivity index (χ4v) is 1.63. The van der Waals surface area contributed by atoms with Crippen molar-refractivity contribution >= 4 is 17.6 Å². The lowest BCUT2D eigenvalue weighted by Gasteiger charge is -2.11. The second kappa shape index (κ2) is 8.18. The number of aromatic nitrogens is 2. The van der Waals surface area contributed by atoms with Crippen LogP contribution >= 0.6 is 0 Å². The smallest absolute Gasteiger partial charge is 0.356 e. The summed E-state index contributed by atoms with van der Waals surface area (Å²) in [5.74, 6) is -0.645. The molecule has 1 amide bonds. The molecule has 0 aliphatic carbocycles. The predicted molar refractivity (Wildman–Crippen MR) is 79.5 cm³/mol. The topological polar surface area (TPSA) is 104 Å². The van der Waals surface area contributed by atoms with Crippen molar-refractivity contribution in [1.29, 1.82) is 0 Å². The van der Waals surface area contributed by atoms with E-state index < -0.39 is 5.97 Å². The molecule has 1 aromatic rings. The molecular formula is C14H22N4O3. The summed E-state index contributed by atoms with van der Waals surface area (Å²) >= 11 is 0. The third-order valence-electron chi connectivity index (χ3n) is 2.77. The van der Waals surface area contributed by atoms with Gasteiger partial charge in [0.1, 0.15) is 5.82 Å². The van der Waals surface area contributed by atoms with Gasteiger partial charge < -0.3 is 15.7 Å². The van der Waals surface area contributed by atoms with Crippen LogP contribution in [0.15, 0.2) is 6.20 Å². The van der Waals surface area contributed by atoms with Gasteiger partial charge in [-0.25, -0.2) is 14.8 Å². The number of carbonyl (C=O) groups excluding carboxylic acids is 1. The minimum absolute atomic E-state index is 0.0528. The van der Waals surface area contributed by atoms with Gasteiger partial charge in [0.2, 0.25) is 5.91 Å². The van der Waals surface area contributed by atoms with Crippen LogP contribution in [-0.2, 0) is 4.79 Å². The zero-order chi connectivity index (χ0) is 15.8. The SMILES string of the molecule is CCCNC(=O)CCNc1cnc(C(C)C)nc1C(=O)O. The quantitative estimate of drug-likeness (QED) is 0.673. The number of anilines is 1. The Labute approximate surface area is 124 Å². The lowest BCUT2D eigenvalue weighted by molar-refractivity contribution is -0.120. The Morgan fingerprint density at radius 1 is 1.33 bits per heavy atom. The summed E-state index contributed by atoms with van der Waals surface area (Å²) in [4.78, 5) is 30.9. The molecule has 0 radical (unpaired) electrons. The number of rotatable bonds is 8. The van der Waals surface area contributed by atoms with Gasteiger partial charge in [0.25, 0.3) is 0 Å². The molecule has 0 spiro atoms. The van der Waals surface area contributed by atoms with E-state index in [2.05, 4.69) is 20.6 Å². The summed E-state index contributed by atoms with van der Waals surface area (Å²) in [5.41, 5.74) is 0.262. The molecule has 0 aliphatic rings. The number of nitrogens with one attached hydrogen (secondary N) is 2. The lowest BCUT2D eigenvalue weighted by Crippen LogP contribution is -2.26. The number of hydrogen-bond donors (Lipinski definition) is 3. The molecule has 1 heterocycles. The highest BCUT2D eigenvalue weighted by atomic mass is 16.4. The van der Waals surface area contributed by atoms with Crippen LogP contribution in [0.1, 0.15) is 55.8 Å². The molecule has 1 rings (SSSR count). The molecule has 7 heteroatoms. The average molecular weight is 294 g/mol. The standard InChI is InChI=1S/C14H22N4O3/c1-4-6-16-11(19)5-7-15-10-8-17-13(9(2)3)18-12(10)14(20)21/h8-9,15H,4-7H2,1-3H3,(H,16,19)(H,20,21). The number of carboxylic acid groups (broad SMARTS) is 1. The van der Waals surface area contributed by atoms with Crippen molar-refractivity contribution in [2.45, 2.75) is 39.5 Å². The Balaban J connectivity index is 2.66. The Morgan fingerprint density at radius 2 is 2.05 bits per heavy atom. The first-order chi connectivity index (χ1) is 9.95. The number of nitrogens with zero attached hydrogens (tertiary/aromatic N) is 2. The summed E-state index contributed by atoms with van der Waals surface area (Å²) < 4.78 is 0. The third kappa shape index (κ3) is 5.37. The highest BCUT2D eigenvalue weighted by Crippen LogP contribution is 2.16. The number of aromatic carboxylic acids is 1. The van der Waals surface area contributed by atoms with E-state index >= 15 is 0 Å². The average Bonchev–Trinajstić information content (AvgIpc) is 2.44. The van der Waals surface area contributed by atoms with Gasteiger partial charge in [-0.3, -0.25) is 4.79 Å². The van der Waals surface area contributed by atoms with E-state index in [4.69, 9.17) is 0 Å². The van der Waals surface area contributed by atoms with Gasteiger partial charge in [-0.15, -0.1) is 0 Å². The second-order valence-electron chi connectivity index (χ2n) is 4.98. The highest BCUT2D eigenvalue weighted by Gasteiger charge is 2.15. The molecule has 0 aromatic carbocycles. The Kier molecular flexibility index (Phi) is 6.58. The molecule has 0 saturated heterocycles. The summed E-state index contributed by atoms with van der Waals surface area (Å²) in [7, 11) is 0. The maximum atomic E-state index is 11.5. The molecule has 0 unspecified atom stereocenters. The third-order valence-corrected chi connectivity index (χ3v) is 2.77. The predicted octanol–water partition coefficient (Wildman–Crippen LogP) is 1.63. The highest BCUT2D eigenvalue weighted by molar-refractivity contribution is 5.91. The van der Waals surface area contributed by atoms with E-state index in [1.54, 1.807) is 0 Å². The van der Waals surface area contributed by atoms with E-state index in [9.17, 15) is 14.7 Å². The summed E-state index contributed by atoms with van der Waals surface area (Å²) in [6.07, 6.45) is 2.60. The van der Waals surface area contributed by atoms with Crippen molar-refractivity contribution in [1.82, 2.24) is 15.3 Å². The van der Waals surface area contributed by atoms with Gasteiger partial charge >= 0.3 is 5.97 Å². The van der Waals surface area contributed by atoms with Crippen LogP contribution in [-0.4, -0.2) is 40.0 Å². The van der Waals surface area contributed by atoms with Crippen molar-refractivity contribution in [3.8, 4) is 0 Å². The van der Waals surface area contributed by atoms with Gasteiger partial charge in [0, 0.05) is 25.4 Å². The van der Waals surface area contributed by atoms with Crippen LogP contribution in [0.3, 0.4) is 0 Å². The number of carboxylic acids is 1. The van der Waals surface area contributed by atoms with Crippen molar-refractivity contribution in [3.63, 3.8) is 0 Å². The number of hydrogen-bond acceptors (Lipinski definition) is 5. The van der Waals surface area contributed by atoms with Crippen LogP contribution in [0, 0.1) is 0 Å². The fraction of sp³-hybridized carbons (Fsp3) is 0.571. The zero-order valence-electron chi connectivity index (χ0n) is 12.6. The molecule has 0 fully saturated rings. The van der Waals surface area contributed by atoms with Crippen molar-refractivity contribution in [2.24, 2.45) is 0 Å². The Morgan fingerprint density at radius 3 is 2.62 bits per heavy atom. The van der Waals surface area contributed by atoms with E-state index in [1.165, 1.54) is 6.20 Å². The summed E-state index contributed by atoms with van der Waals surface area (Å²) in [5, 5.41) is 14.8. The molecule has 0 atom stereocenters. The van der Waals surface area contributed by atoms with Gasteiger partial charge in [-0.2, -0.15) is 0 Å².